The molecule has 0 spiro atoms. The highest BCUT2D eigenvalue weighted by Gasteiger charge is 2.20. The fourth-order valence-electron chi connectivity index (χ4n) is 1.96. The number of benzene rings is 1. The Morgan fingerprint density at radius 1 is 1.12 bits per heavy atom. The zero-order chi connectivity index (χ0) is 11.5. The van der Waals surface area contributed by atoms with Gasteiger partial charge < -0.3 is 10.5 Å². The highest BCUT2D eigenvalue weighted by atomic mass is 19.1. The molecule has 16 heavy (non-hydrogen) atoms. The lowest BCUT2D eigenvalue weighted by Gasteiger charge is -2.26. The third-order valence-corrected chi connectivity index (χ3v) is 2.91. The van der Waals surface area contributed by atoms with Crippen LogP contribution in [0.5, 0.6) is 5.75 Å². The molecule has 0 unspecified atom stereocenters. The smallest absolute Gasteiger partial charge is 0.167 e. The lowest BCUT2D eigenvalue weighted by atomic mass is 9.94. The van der Waals surface area contributed by atoms with Gasteiger partial charge in [-0.2, -0.15) is 0 Å². The van der Waals surface area contributed by atoms with Gasteiger partial charge in [-0.05, 0) is 37.8 Å². The summed E-state index contributed by atoms with van der Waals surface area (Å²) in [5, 5.41) is 0. The molecule has 1 fully saturated rings. The summed E-state index contributed by atoms with van der Waals surface area (Å²) in [5.41, 5.74) is 5.76. The second-order valence-electron chi connectivity index (χ2n) is 4.23. The minimum Gasteiger partial charge on any atom is -0.487 e. The van der Waals surface area contributed by atoms with Crippen molar-refractivity contribution in [1.82, 2.24) is 0 Å². The standard InChI is InChI=1S/C12H15F2NO/c13-8-1-6-12(11(14)7-8)16-10-4-2-9(15)3-5-10/h1,6-7,9-10H,2-5,15H2. The Labute approximate surface area is 93.4 Å². The van der Waals surface area contributed by atoms with E-state index >= 15 is 0 Å². The van der Waals surface area contributed by atoms with E-state index in [9.17, 15) is 8.78 Å². The van der Waals surface area contributed by atoms with Crippen molar-refractivity contribution in [2.45, 2.75) is 37.8 Å². The molecule has 0 bridgehead atoms. The van der Waals surface area contributed by atoms with Crippen LogP contribution in [0.2, 0.25) is 0 Å². The molecule has 2 nitrogen and oxygen atoms in total. The Morgan fingerprint density at radius 2 is 1.81 bits per heavy atom. The lowest BCUT2D eigenvalue weighted by molar-refractivity contribution is 0.141. The van der Waals surface area contributed by atoms with Gasteiger partial charge in [-0.1, -0.05) is 0 Å². The van der Waals surface area contributed by atoms with Gasteiger partial charge in [0.25, 0.3) is 0 Å². The molecule has 0 amide bonds. The maximum absolute atomic E-state index is 13.3. The molecular weight excluding hydrogens is 212 g/mol. The van der Waals surface area contributed by atoms with Crippen molar-refractivity contribution in [3.63, 3.8) is 0 Å². The quantitative estimate of drug-likeness (QED) is 0.842. The number of ether oxygens (including phenoxy) is 1. The van der Waals surface area contributed by atoms with Crippen molar-refractivity contribution in [1.29, 1.82) is 0 Å². The van der Waals surface area contributed by atoms with Crippen molar-refractivity contribution in [3.8, 4) is 5.75 Å². The minimum absolute atomic E-state index is 0.000221. The zero-order valence-corrected chi connectivity index (χ0v) is 8.96. The topological polar surface area (TPSA) is 35.2 Å². The molecule has 0 heterocycles. The van der Waals surface area contributed by atoms with E-state index in [1.54, 1.807) is 0 Å². The zero-order valence-electron chi connectivity index (χ0n) is 8.96. The second-order valence-corrected chi connectivity index (χ2v) is 4.23. The van der Waals surface area contributed by atoms with Gasteiger partial charge in [0, 0.05) is 12.1 Å². The van der Waals surface area contributed by atoms with Gasteiger partial charge >= 0.3 is 0 Å². The van der Waals surface area contributed by atoms with E-state index in [0.29, 0.717) is 0 Å². The summed E-state index contributed by atoms with van der Waals surface area (Å²) in [6.45, 7) is 0. The van der Waals surface area contributed by atoms with Gasteiger partial charge in [-0.3, -0.25) is 0 Å². The van der Waals surface area contributed by atoms with Crippen LogP contribution in [0.3, 0.4) is 0 Å². The van der Waals surface area contributed by atoms with E-state index in [1.165, 1.54) is 12.1 Å². The maximum atomic E-state index is 13.3. The van der Waals surface area contributed by atoms with E-state index in [-0.39, 0.29) is 17.9 Å². The Morgan fingerprint density at radius 3 is 2.44 bits per heavy atom. The summed E-state index contributed by atoms with van der Waals surface area (Å²) in [6.07, 6.45) is 3.46. The number of halogens is 2. The Balaban J connectivity index is 1.98. The van der Waals surface area contributed by atoms with Gasteiger partial charge in [0.1, 0.15) is 5.82 Å². The molecule has 1 aliphatic carbocycles. The Hall–Kier alpha value is -1.16. The third kappa shape index (κ3) is 2.70. The van der Waals surface area contributed by atoms with Crippen molar-refractivity contribution in [2.75, 3.05) is 0 Å². The molecule has 2 rings (SSSR count). The van der Waals surface area contributed by atoms with Crippen LogP contribution in [0.25, 0.3) is 0 Å². The molecule has 1 aromatic rings. The SMILES string of the molecule is NC1CCC(Oc2ccc(F)cc2F)CC1. The van der Waals surface area contributed by atoms with E-state index in [4.69, 9.17) is 10.5 Å². The fraction of sp³-hybridized carbons (Fsp3) is 0.500. The van der Waals surface area contributed by atoms with Gasteiger partial charge in [0.05, 0.1) is 6.10 Å². The van der Waals surface area contributed by atoms with Crippen LogP contribution in [0.15, 0.2) is 18.2 Å². The van der Waals surface area contributed by atoms with Crippen molar-refractivity contribution in [2.24, 2.45) is 5.73 Å². The van der Waals surface area contributed by atoms with Crippen LogP contribution in [-0.4, -0.2) is 12.1 Å². The molecule has 1 saturated carbocycles. The van der Waals surface area contributed by atoms with E-state index in [0.717, 1.165) is 31.7 Å². The highest BCUT2D eigenvalue weighted by Crippen LogP contribution is 2.25. The first-order chi connectivity index (χ1) is 7.65. The van der Waals surface area contributed by atoms with Gasteiger partial charge in [0.2, 0.25) is 0 Å². The molecule has 0 radical (unpaired) electrons. The number of rotatable bonds is 2. The van der Waals surface area contributed by atoms with Gasteiger partial charge in [0.15, 0.2) is 11.6 Å². The molecule has 0 saturated heterocycles. The normalized spacial score (nSPS) is 25.4. The summed E-state index contributed by atoms with van der Waals surface area (Å²) in [6, 6.07) is 3.61. The van der Waals surface area contributed by atoms with E-state index in [1.807, 2.05) is 0 Å². The van der Waals surface area contributed by atoms with Crippen LogP contribution in [0.1, 0.15) is 25.7 Å². The second kappa shape index (κ2) is 4.78. The molecule has 1 aliphatic rings. The Bertz CT molecular complexity index is 362. The summed E-state index contributed by atoms with van der Waals surface area (Å²) < 4.78 is 31.4. The largest absolute Gasteiger partial charge is 0.487 e. The molecule has 1 aromatic carbocycles. The van der Waals surface area contributed by atoms with E-state index in [2.05, 4.69) is 0 Å². The minimum atomic E-state index is -0.644. The lowest BCUT2D eigenvalue weighted by Crippen LogP contribution is -2.31. The summed E-state index contributed by atoms with van der Waals surface area (Å²) in [4.78, 5) is 0. The maximum Gasteiger partial charge on any atom is 0.167 e. The summed E-state index contributed by atoms with van der Waals surface area (Å²) in [5.74, 6) is -1.10. The van der Waals surface area contributed by atoms with E-state index < -0.39 is 11.6 Å². The van der Waals surface area contributed by atoms with Crippen molar-refractivity contribution < 1.29 is 13.5 Å². The van der Waals surface area contributed by atoms with Crippen LogP contribution < -0.4 is 10.5 Å². The summed E-state index contributed by atoms with van der Waals surface area (Å²) in [7, 11) is 0. The predicted molar refractivity (Wildman–Crippen MR) is 57.2 cm³/mol. The van der Waals surface area contributed by atoms with Gasteiger partial charge in [-0.25, -0.2) is 8.78 Å². The predicted octanol–water partition coefficient (Wildman–Crippen LogP) is 2.61. The van der Waals surface area contributed by atoms with Crippen LogP contribution in [0, 0.1) is 11.6 Å². The molecular formula is C12H15F2NO. The van der Waals surface area contributed by atoms with Crippen LogP contribution >= 0.6 is 0 Å². The first-order valence-electron chi connectivity index (χ1n) is 5.52. The monoisotopic (exact) mass is 227 g/mol. The average Bonchev–Trinajstić information content (AvgIpc) is 2.25. The third-order valence-electron chi connectivity index (χ3n) is 2.91. The molecule has 2 N–H and O–H groups in total. The first kappa shape index (κ1) is 11.3. The van der Waals surface area contributed by atoms with Crippen molar-refractivity contribution >= 4 is 0 Å². The van der Waals surface area contributed by atoms with Crippen molar-refractivity contribution in [3.05, 3.63) is 29.8 Å². The first-order valence-corrected chi connectivity index (χ1v) is 5.52. The summed E-state index contributed by atoms with van der Waals surface area (Å²) >= 11 is 0. The van der Waals surface area contributed by atoms with Gasteiger partial charge in [-0.15, -0.1) is 0 Å². The molecule has 0 aromatic heterocycles. The average molecular weight is 227 g/mol. The number of hydrogen-bond acceptors (Lipinski definition) is 2. The number of nitrogens with two attached hydrogens (primary N) is 1. The Kier molecular flexibility index (Phi) is 3.39. The fourth-order valence-corrected chi connectivity index (χ4v) is 1.96. The van der Waals surface area contributed by atoms with Crippen LogP contribution in [-0.2, 0) is 0 Å². The van der Waals surface area contributed by atoms with Crippen LogP contribution in [0.4, 0.5) is 8.78 Å². The molecule has 0 atom stereocenters. The highest BCUT2D eigenvalue weighted by molar-refractivity contribution is 5.24. The molecule has 4 heteroatoms. The molecule has 88 valence electrons. The number of hydrogen-bond donors (Lipinski definition) is 1. The molecule has 0 aliphatic heterocycles.